The lowest BCUT2D eigenvalue weighted by Crippen LogP contribution is -2.32. The number of rotatable bonds is 2. The van der Waals surface area contributed by atoms with Gasteiger partial charge in [0, 0.05) is 0 Å². The zero-order chi connectivity index (χ0) is 13.2. The van der Waals surface area contributed by atoms with Crippen molar-refractivity contribution in [2.45, 2.75) is 55.9 Å². The molecule has 0 heterocycles. The molecule has 3 unspecified atom stereocenters. The number of hydrogen-bond acceptors (Lipinski definition) is 2. The molecule has 0 aliphatic heterocycles. The molecule has 0 saturated heterocycles. The van der Waals surface area contributed by atoms with Gasteiger partial charge in [-0.1, -0.05) is 30.7 Å². The first-order valence-corrected chi connectivity index (χ1v) is 7.61. The van der Waals surface area contributed by atoms with E-state index in [0.717, 1.165) is 44.1 Å². The van der Waals surface area contributed by atoms with E-state index < -0.39 is 0 Å². The minimum atomic E-state index is -0.0873. The van der Waals surface area contributed by atoms with Crippen LogP contribution in [0.25, 0.3) is 0 Å². The van der Waals surface area contributed by atoms with Crippen LogP contribution in [0.15, 0.2) is 24.3 Å². The summed E-state index contributed by atoms with van der Waals surface area (Å²) in [7, 11) is 0. The minimum absolute atomic E-state index is 0.00523. The van der Waals surface area contributed by atoms with Crippen molar-refractivity contribution >= 4 is 17.6 Å². The summed E-state index contributed by atoms with van der Waals surface area (Å²) in [4.78, 5) is 12.3. The highest BCUT2D eigenvalue weighted by Crippen LogP contribution is 2.35. The molecule has 0 aromatic heterocycles. The Kier molecular flexibility index (Phi) is 3.79. The Balaban J connectivity index is 1.68. The maximum Gasteiger partial charge on any atom is 0.313 e. The molecule has 0 N–H and O–H groups in total. The van der Waals surface area contributed by atoms with Crippen molar-refractivity contribution < 1.29 is 9.53 Å². The number of carbonyl (C=O) groups excluding carboxylic acids is 1. The fraction of sp³-hybridized carbons (Fsp3) is 0.562. The molecular weight excluding hydrogens is 260 g/mol. The molecule has 2 aliphatic carbocycles. The molecule has 3 heteroatoms. The number of fused-ring (bicyclic) bond motifs is 1. The Hall–Kier alpha value is -1.02. The van der Waals surface area contributed by atoms with Gasteiger partial charge in [0.15, 0.2) is 0 Å². The van der Waals surface area contributed by atoms with Crippen LogP contribution in [0.3, 0.4) is 0 Å². The quantitative estimate of drug-likeness (QED) is 0.607. The van der Waals surface area contributed by atoms with E-state index in [9.17, 15) is 4.79 Å². The maximum atomic E-state index is 12.3. The van der Waals surface area contributed by atoms with Crippen LogP contribution in [-0.4, -0.2) is 17.5 Å². The summed E-state index contributed by atoms with van der Waals surface area (Å²) in [6.07, 6.45) is 5.89. The number of alkyl halides is 1. The van der Waals surface area contributed by atoms with Crippen molar-refractivity contribution in [3.63, 3.8) is 0 Å². The fourth-order valence-electron chi connectivity index (χ4n) is 3.22. The average Bonchev–Trinajstić information content (AvgIpc) is 2.85. The minimum Gasteiger partial charge on any atom is -0.460 e. The summed E-state index contributed by atoms with van der Waals surface area (Å²) in [5.74, 6) is -0.163. The van der Waals surface area contributed by atoms with E-state index in [-0.39, 0.29) is 23.4 Å². The van der Waals surface area contributed by atoms with Crippen LogP contribution in [0, 0.1) is 0 Å². The zero-order valence-corrected chi connectivity index (χ0v) is 11.7. The van der Waals surface area contributed by atoms with E-state index in [1.54, 1.807) is 0 Å². The lowest BCUT2D eigenvalue weighted by molar-refractivity contribution is -0.152. The van der Waals surface area contributed by atoms with E-state index in [2.05, 4.69) is 6.07 Å². The SMILES string of the molecule is O=C(OC1CCCCC1Cl)C1CCc2ccccc21. The number of carbonyl (C=O) groups is 1. The van der Waals surface area contributed by atoms with Gasteiger partial charge in [-0.2, -0.15) is 0 Å². The van der Waals surface area contributed by atoms with Gasteiger partial charge >= 0.3 is 5.97 Å². The highest BCUT2D eigenvalue weighted by molar-refractivity contribution is 6.21. The molecule has 3 rings (SSSR count). The molecule has 0 spiro atoms. The predicted octanol–water partition coefficient (Wildman–Crippen LogP) is 3.81. The molecule has 3 atom stereocenters. The number of halogens is 1. The fourth-order valence-corrected chi connectivity index (χ4v) is 3.55. The number of esters is 1. The van der Waals surface area contributed by atoms with Crippen LogP contribution >= 0.6 is 11.6 Å². The van der Waals surface area contributed by atoms with Gasteiger partial charge in [-0.15, -0.1) is 11.6 Å². The van der Waals surface area contributed by atoms with Gasteiger partial charge in [0.2, 0.25) is 0 Å². The molecule has 0 amide bonds. The molecule has 2 aliphatic rings. The molecular formula is C16H19ClO2. The second kappa shape index (κ2) is 5.54. The van der Waals surface area contributed by atoms with Crippen molar-refractivity contribution in [3.8, 4) is 0 Å². The predicted molar refractivity (Wildman–Crippen MR) is 75.5 cm³/mol. The van der Waals surface area contributed by atoms with Gasteiger partial charge in [0.05, 0.1) is 11.3 Å². The van der Waals surface area contributed by atoms with Gasteiger partial charge < -0.3 is 4.74 Å². The smallest absolute Gasteiger partial charge is 0.313 e. The molecule has 1 fully saturated rings. The summed E-state index contributed by atoms with van der Waals surface area (Å²) in [5, 5.41) is -0.00523. The van der Waals surface area contributed by atoms with E-state index in [1.165, 1.54) is 5.56 Å². The van der Waals surface area contributed by atoms with Gasteiger partial charge in [-0.05, 0) is 43.2 Å². The van der Waals surface area contributed by atoms with E-state index in [4.69, 9.17) is 16.3 Å². The van der Waals surface area contributed by atoms with E-state index >= 15 is 0 Å². The largest absolute Gasteiger partial charge is 0.460 e. The Bertz CT molecular complexity index is 472. The first-order chi connectivity index (χ1) is 9.25. The lowest BCUT2D eigenvalue weighted by Gasteiger charge is -2.28. The number of aryl methyl sites for hydroxylation is 1. The summed E-state index contributed by atoms with van der Waals surface area (Å²) in [6.45, 7) is 0. The topological polar surface area (TPSA) is 26.3 Å². The van der Waals surface area contributed by atoms with Crippen molar-refractivity contribution in [1.29, 1.82) is 0 Å². The second-order valence-corrected chi connectivity index (χ2v) is 6.13. The van der Waals surface area contributed by atoms with Crippen LogP contribution in [-0.2, 0) is 16.0 Å². The molecule has 1 aromatic carbocycles. The standard InChI is InChI=1S/C16H19ClO2/c17-14-7-3-4-8-15(14)19-16(18)13-10-9-11-5-1-2-6-12(11)13/h1-2,5-6,13-15H,3-4,7-10H2. The van der Waals surface area contributed by atoms with Gasteiger partial charge in [-0.25, -0.2) is 0 Å². The summed E-state index contributed by atoms with van der Waals surface area (Å²) >= 11 is 6.26. The number of ether oxygens (including phenoxy) is 1. The van der Waals surface area contributed by atoms with Gasteiger partial charge in [-0.3, -0.25) is 4.79 Å². The lowest BCUT2D eigenvalue weighted by atomic mass is 9.96. The third-order valence-electron chi connectivity index (χ3n) is 4.31. The van der Waals surface area contributed by atoms with Crippen LogP contribution in [0.5, 0.6) is 0 Å². The molecule has 0 radical (unpaired) electrons. The molecule has 2 nitrogen and oxygen atoms in total. The van der Waals surface area contributed by atoms with Gasteiger partial charge in [0.1, 0.15) is 6.10 Å². The van der Waals surface area contributed by atoms with Crippen LogP contribution in [0.2, 0.25) is 0 Å². The first-order valence-electron chi connectivity index (χ1n) is 7.18. The molecule has 0 bridgehead atoms. The maximum absolute atomic E-state index is 12.3. The highest BCUT2D eigenvalue weighted by Gasteiger charge is 2.33. The van der Waals surface area contributed by atoms with Crippen molar-refractivity contribution in [2.75, 3.05) is 0 Å². The number of benzene rings is 1. The third kappa shape index (κ3) is 2.64. The molecule has 102 valence electrons. The summed E-state index contributed by atoms with van der Waals surface area (Å²) in [6, 6.07) is 8.18. The average molecular weight is 279 g/mol. The molecule has 1 aromatic rings. The second-order valence-electron chi connectivity index (χ2n) is 5.57. The third-order valence-corrected chi connectivity index (χ3v) is 4.81. The van der Waals surface area contributed by atoms with Crippen LogP contribution in [0.4, 0.5) is 0 Å². The monoisotopic (exact) mass is 278 g/mol. The first kappa shape index (κ1) is 13.0. The van der Waals surface area contributed by atoms with E-state index in [0.29, 0.717) is 0 Å². The van der Waals surface area contributed by atoms with Crippen molar-refractivity contribution in [1.82, 2.24) is 0 Å². The number of hydrogen-bond donors (Lipinski definition) is 0. The van der Waals surface area contributed by atoms with Crippen LogP contribution in [0.1, 0.15) is 49.1 Å². The van der Waals surface area contributed by atoms with Gasteiger partial charge in [0.25, 0.3) is 0 Å². The van der Waals surface area contributed by atoms with Crippen molar-refractivity contribution in [2.24, 2.45) is 0 Å². The van der Waals surface area contributed by atoms with Crippen LogP contribution < -0.4 is 0 Å². The molecule has 19 heavy (non-hydrogen) atoms. The van der Waals surface area contributed by atoms with Crippen molar-refractivity contribution in [3.05, 3.63) is 35.4 Å². The highest BCUT2D eigenvalue weighted by atomic mass is 35.5. The Morgan fingerprint density at radius 1 is 1.16 bits per heavy atom. The normalized spacial score (nSPS) is 29.8. The molecule has 1 saturated carbocycles. The Morgan fingerprint density at radius 3 is 2.79 bits per heavy atom. The summed E-state index contributed by atoms with van der Waals surface area (Å²) in [5.41, 5.74) is 2.44. The summed E-state index contributed by atoms with van der Waals surface area (Å²) < 4.78 is 5.67. The van der Waals surface area contributed by atoms with E-state index in [1.807, 2.05) is 18.2 Å². The zero-order valence-electron chi connectivity index (χ0n) is 11.0. The Morgan fingerprint density at radius 2 is 1.95 bits per heavy atom. The Labute approximate surface area is 119 Å².